The fourth-order valence-corrected chi connectivity index (χ4v) is 2.37. The molecular formula is C15H24N2O. The van der Waals surface area contributed by atoms with Gasteiger partial charge in [-0.05, 0) is 37.1 Å². The highest BCUT2D eigenvalue weighted by Crippen LogP contribution is 2.13. The Morgan fingerprint density at radius 3 is 2.44 bits per heavy atom. The minimum absolute atomic E-state index is 0.771. The fourth-order valence-electron chi connectivity index (χ4n) is 2.37. The van der Waals surface area contributed by atoms with Gasteiger partial charge in [-0.25, -0.2) is 0 Å². The van der Waals surface area contributed by atoms with Crippen molar-refractivity contribution >= 4 is 0 Å². The van der Waals surface area contributed by atoms with Crippen LogP contribution in [-0.2, 0) is 17.8 Å². The van der Waals surface area contributed by atoms with Crippen LogP contribution in [0.15, 0.2) is 24.3 Å². The monoisotopic (exact) mass is 248 g/mol. The third-order valence-electron chi connectivity index (χ3n) is 3.44. The summed E-state index contributed by atoms with van der Waals surface area (Å²) in [5, 5.41) is 3.36. The second kappa shape index (κ2) is 7.52. The molecule has 0 atom stereocenters. The maximum atomic E-state index is 5.01. The smallest absolute Gasteiger partial charge is 0.0587 e. The molecule has 0 aromatic heterocycles. The van der Waals surface area contributed by atoms with Crippen molar-refractivity contribution in [2.75, 3.05) is 33.4 Å². The highest BCUT2D eigenvalue weighted by molar-refractivity contribution is 5.22. The van der Waals surface area contributed by atoms with Gasteiger partial charge in [-0.2, -0.15) is 0 Å². The van der Waals surface area contributed by atoms with Crippen LogP contribution in [0.1, 0.15) is 24.0 Å². The largest absolute Gasteiger partial charge is 0.383 e. The van der Waals surface area contributed by atoms with Gasteiger partial charge in [0.1, 0.15) is 0 Å². The molecule has 1 aliphatic rings. The van der Waals surface area contributed by atoms with Gasteiger partial charge in [-0.15, -0.1) is 0 Å². The average molecular weight is 248 g/mol. The van der Waals surface area contributed by atoms with Gasteiger partial charge in [0.2, 0.25) is 0 Å². The number of hydrogen-bond acceptors (Lipinski definition) is 3. The molecule has 0 saturated carbocycles. The van der Waals surface area contributed by atoms with Crippen LogP contribution in [0.25, 0.3) is 0 Å². The van der Waals surface area contributed by atoms with Gasteiger partial charge in [0.15, 0.2) is 0 Å². The summed E-state index contributed by atoms with van der Waals surface area (Å²) < 4.78 is 5.01. The number of methoxy groups -OCH3 is 1. The molecule has 0 unspecified atom stereocenters. The minimum atomic E-state index is 0.771. The zero-order chi connectivity index (χ0) is 12.6. The highest BCUT2D eigenvalue weighted by Gasteiger charge is 2.11. The lowest BCUT2D eigenvalue weighted by Crippen LogP contribution is -2.19. The molecule has 1 aliphatic heterocycles. The quantitative estimate of drug-likeness (QED) is 0.747. The second-order valence-electron chi connectivity index (χ2n) is 4.97. The molecule has 18 heavy (non-hydrogen) atoms. The zero-order valence-corrected chi connectivity index (χ0v) is 11.3. The first kappa shape index (κ1) is 13.5. The van der Waals surface area contributed by atoms with Crippen molar-refractivity contribution in [2.45, 2.75) is 25.9 Å². The van der Waals surface area contributed by atoms with E-state index < -0.39 is 0 Å². The number of rotatable bonds is 7. The van der Waals surface area contributed by atoms with Crippen LogP contribution in [0.2, 0.25) is 0 Å². The van der Waals surface area contributed by atoms with E-state index in [2.05, 4.69) is 34.5 Å². The van der Waals surface area contributed by atoms with Gasteiger partial charge in [0, 0.05) is 26.7 Å². The molecule has 0 amide bonds. The number of likely N-dealkylation sites (tertiary alicyclic amines) is 1. The van der Waals surface area contributed by atoms with Crippen molar-refractivity contribution in [3.63, 3.8) is 0 Å². The maximum Gasteiger partial charge on any atom is 0.0587 e. The SMILES string of the molecule is COCCNCc1ccc(CN2CCCC2)cc1. The minimum Gasteiger partial charge on any atom is -0.383 e. The Bertz CT molecular complexity index is 331. The molecule has 1 aromatic carbocycles. The van der Waals surface area contributed by atoms with Crippen LogP contribution in [0, 0.1) is 0 Å². The van der Waals surface area contributed by atoms with E-state index in [1.807, 2.05) is 0 Å². The number of hydrogen-bond donors (Lipinski definition) is 1. The molecular weight excluding hydrogens is 224 g/mol. The number of nitrogens with zero attached hydrogens (tertiary/aromatic N) is 1. The van der Waals surface area contributed by atoms with Crippen LogP contribution < -0.4 is 5.32 Å². The molecule has 0 bridgehead atoms. The van der Waals surface area contributed by atoms with E-state index in [-0.39, 0.29) is 0 Å². The maximum absolute atomic E-state index is 5.01. The molecule has 1 N–H and O–H groups in total. The van der Waals surface area contributed by atoms with Crippen LogP contribution >= 0.6 is 0 Å². The zero-order valence-electron chi connectivity index (χ0n) is 11.3. The van der Waals surface area contributed by atoms with Crippen molar-refractivity contribution in [3.8, 4) is 0 Å². The molecule has 3 nitrogen and oxygen atoms in total. The predicted octanol–water partition coefficient (Wildman–Crippen LogP) is 2.02. The average Bonchev–Trinajstić information content (AvgIpc) is 2.89. The number of ether oxygens (including phenoxy) is 1. The topological polar surface area (TPSA) is 24.5 Å². The molecule has 1 heterocycles. The van der Waals surface area contributed by atoms with Gasteiger partial charge in [-0.1, -0.05) is 24.3 Å². The highest BCUT2D eigenvalue weighted by atomic mass is 16.5. The number of nitrogens with one attached hydrogen (secondary N) is 1. The van der Waals surface area contributed by atoms with E-state index in [9.17, 15) is 0 Å². The van der Waals surface area contributed by atoms with Crippen LogP contribution in [0.3, 0.4) is 0 Å². The first-order valence-electron chi connectivity index (χ1n) is 6.88. The molecule has 3 heteroatoms. The van der Waals surface area contributed by atoms with E-state index >= 15 is 0 Å². The molecule has 2 rings (SSSR count). The van der Waals surface area contributed by atoms with Crippen molar-refractivity contribution in [1.29, 1.82) is 0 Å². The van der Waals surface area contributed by atoms with Crippen molar-refractivity contribution in [2.24, 2.45) is 0 Å². The van der Waals surface area contributed by atoms with Gasteiger partial charge in [0.05, 0.1) is 6.61 Å². The summed E-state index contributed by atoms with van der Waals surface area (Å²) in [6.07, 6.45) is 2.73. The Morgan fingerprint density at radius 1 is 1.11 bits per heavy atom. The summed E-state index contributed by atoms with van der Waals surface area (Å²) in [7, 11) is 1.73. The Labute approximate surface area is 110 Å². The predicted molar refractivity (Wildman–Crippen MR) is 74.5 cm³/mol. The molecule has 0 radical (unpaired) electrons. The Balaban J connectivity index is 1.74. The van der Waals surface area contributed by atoms with Gasteiger partial charge < -0.3 is 10.1 Å². The first-order valence-corrected chi connectivity index (χ1v) is 6.88. The lowest BCUT2D eigenvalue weighted by Gasteiger charge is -2.14. The number of benzene rings is 1. The van der Waals surface area contributed by atoms with Gasteiger partial charge in [-0.3, -0.25) is 4.90 Å². The van der Waals surface area contributed by atoms with E-state index in [0.717, 1.165) is 26.2 Å². The first-order chi connectivity index (χ1) is 8.88. The third kappa shape index (κ3) is 4.41. The summed E-state index contributed by atoms with van der Waals surface area (Å²) >= 11 is 0. The van der Waals surface area contributed by atoms with Crippen molar-refractivity contribution in [3.05, 3.63) is 35.4 Å². The van der Waals surface area contributed by atoms with Crippen molar-refractivity contribution in [1.82, 2.24) is 10.2 Å². The molecule has 1 saturated heterocycles. The van der Waals surface area contributed by atoms with Crippen LogP contribution in [0.4, 0.5) is 0 Å². The third-order valence-corrected chi connectivity index (χ3v) is 3.44. The molecule has 0 spiro atoms. The van der Waals surface area contributed by atoms with E-state index in [1.54, 1.807) is 7.11 Å². The van der Waals surface area contributed by atoms with Gasteiger partial charge in [0.25, 0.3) is 0 Å². The Hall–Kier alpha value is -0.900. The van der Waals surface area contributed by atoms with Crippen molar-refractivity contribution < 1.29 is 4.74 Å². The standard InChI is InChI=1S/C15H24N2O/c1-18-11-8-16-12-14-4-6-15(7-5-14)13-17-9-2-3-10-17/h4-7,16H,2-3,8-13H2,1H3. The molecule has 1 fully saturated rings. The lowest BCUT2D eigenvalue weighted by molar-refractivity contribution is 0.199. The molecule has 0 aliphatic carbocycles. The fraction of sp³-hybridized carbons (Fsp3) is 0.600. The van der Waals surface area contributed by atoms with Crippen LogP contribution in [-0.4, -0.2) is 38.3 Å². The Morgan fingerprint density at radius 2 is 1.78 bits per heavy atom. The van der Waals surface area contributed by atoms with E-state index in [4.69, 9.17) is 4.74 Å². The van der Waals surface area contributed by atoms with E-state index in [0.29, 0.717) is 0 Å². The molecule has 100 valence electrons. The normalized spacial score (nSPS) is 16.3. The second-order valence-corrected chi connectivity index (χ2v) is 4.97. The summed E-state index contributed by atoms with van der Waals surface area (Å²) in [6, 6.07) is 8.97. The Kier molecular flexibility index (Phi) is 5.65. The van der Waals surface area contributed by atoms with Crippen LogP contribution in [0.5, 0.6) is 0 Å². The summed E-state index contributed by atoms with van der Waals surface area (Å²) in [6.45, 7) is 6.24. The van der Waals surface area contributed by atoms with E-state index in [1.165, 1.54) is 37.1 Å². The summed E-state index contributed by atoms with van der Waals surface area (Å²) in [5.41, 5.74) is 2.77. The summed E-state index contributed by atoms with van der Waals surface area (Å²) in [5.74, 6) is 0. The summed E-state index contributed by atoms with van der Waals surface area (Å²) in [4.78, 5) is 2.53. The molecule has 1 aromatic rings. The van der Waals surface area contributed by atoms with Gasteiger partial charge >= 0.3 is 0 Å². The lowest BCUT2D eigenvalue weighted by atomic mass is 10.1.